The summed E-state index contributed by atoms with van der Waals surface area (Å²) in [4.78, 5) is 0. The first-order chi connectivity index (χ1) is 9.53. The van der Waals surface area contributed by atoms with Gasteiger partial charge in [0.05, 0.1) is 0 Å². The molecule has 0 aliphatic rings. The van der Waals surface area contributed by atoms with Crippen LogP contribution in [-0.4, -0.2) is 10.3 Å². The first kappa shape index (κ1) is 16.9. The Morgan fingerprint density at radius 1 is 1.35 bits per heavy atom. The molecule has 0 fully saturated rings. The second-order valence-corrected chi connectivity index (χ2v) is 6.27. The minimum Gasteiger partial charge on any atom is -0.405 e. The van der Waals surface area contributed by atoms with Gasteiger partial charge in [0.1, 0.15) is 0 Å². The summed E-state index contributed by atoms with van der Waals surface area (Å²) >= 11 is 0.921. The lowest BCUT2D eigenvalue weighted by molar-refractivity contribution is 0.437. The molecule has 0 aliphatic carbocycles. The van der Waals surface area contributed by atoms with Gasteiger partial charge in [-0.2, -0.15) is 0 Å². The van der Waals surface area contributed by atoms with Crippen molar-refractivity contribution in [3.05, 3.63) is 48.2 Å². The fraction of sp³-hybridized carbons (Fsp3) is 0.412. The molecule has 3 N–H and O–H groups in total. The van der Waals surface area contributed by atoms with Crippen LogP contribution in [-0.2, 0) is 0 Å². The van der Waals surface area contributed by atoms with Crippen molar-refractivity contribution in [2.45, 2.75) is 33.1 Å². The van der Waals surface area contributed by atoms with Crippen LogP contribution >= 0.6 is 12.0 Å². The molecule has 20 heavy (non-hydrogen) atoms. The van der Waals surface area contributed by atoms with Gasteiger partial charge in [0.15, 0.2) is 0 Å². The molecule has 0 saturated carbocycles. The number of allylic oxidation sites excluding steroid dienone is 1. The molecule has 1 rings (SSSR count). The Kier molecular flexibility index (Phi) is 6.89. The van der Waals surface area contributed by atoms with Crippen LogP contribution < -0.4 is 5.73 Å². The Morgan fingerprint density at radius 3 is 2.70 bits per heavy atom. The summed E-state index contributed by atoms with van der Waals surface area (Å²) in [7, 11) is 0. The molecule has 110 valence electrons. The Hall–Kier alpha value is -1.19. The lowest BCUT2D eigenvalue weighted by atomic mass is 9.76. The minimum atomic E-state index is 0.0403. The zero-order valence-corrected chi connectivity index (χ0v) is 13.2. The van der Waals surface area contributed by atoms with Crippen LogP contribution in [0, 0.1) is 5.41 Å². The zero-order valence-electron chi connectivity index (χ0n) is 12.4. The molecule has 0 unspecified atom stereocenters. The van der Waals surface area contributed by atoms with Gasteiger partial charge in [-0.3, -0.25) is 0 Å². The SMILES string of the molecule is C=C(c1ccccc1/C=C\N)C(C)(C)CCCCSO. The van der Waals surface area contributed by atoms with E-state index in [2.05, 4.69) is 32.6 Å². The molecular formula is C17H25NOS. The number of benzene rings is 1. The molecule has 3 heteroatoms. The Bertz CT molecular complexity index is 466. The maximum atomic E-state index is 8.76. The van der Waals surface area contributed by atoms with Crippen molar-refractivity contribution in [1.82, 2.24) is 0 Å². The van der Waals surface area contributed by atoms with Crippen LogP contribution in [0.5, 0.6) is 0 Å². The van der Waals surface area contributed by atoms with Gasteiger partial charge in [-0.25, -0.2) is 0 Å². The highest BCUT2D eigenvalue weighted by Crippen LogP contribution is 2.39. The number of hydrogen-bond donors (Lipinski definition) is 2. The summed E-state index contributed by atoms with van der Waals surface area (Å²) in [5.74, 6) is 0.801. The van der Waals surface area contributed by atoms with Crippen molar-refractivity contribution in [2.75, 3.05) is 5.75 Å². The molecule has 0 amide bonds. The average Bonchev–Trinajstić information content (AvgIpc) is 2.44. The Balaban J connectivity index is 2.82. The van der Waals surface area contributed by atoms with Crippen LogP contribution in [0.4, 0.5) is 0 Å². The largest absolute Gasteiger partial charge is 0.405 e. The zero-order chi connectivity index (χ0) is 15.0. The molecule has 0 aliphatic heterocycles. The molecule has 0 heterocycles. The lowest BCUT2D eigenvalue weighted by Gasteiger charge is -2.28. The van der Waals surface area contributed by atoms with Crippen molar-refractivity contribution >= 4 is 23.7 Å². The fourth-order valence-electron chi connectivity index (χ4n) is 2.27. The number of rotatable bonds is 8. The molecule has 0 atom stereocenters. The van der Waals surface area contributed by atoms with E-state index >= 15 is 0 Å². The van der Waals surface area contributed by atoms with Gasteiger partial charge in [-0.05, 0) is 59.3 Å². The summed E-state index contributed by atoms with van der Waals surface area (Å²) in [6, 6.07) is 8.20. The van der Waals surface area contributed by atoms with E-state index in [1.807, 2.05) is 18.2 Å². The van der Waals surface area contributed by atoms with Gasteiger partial charge in [0.25, 0.3) is 0 Å². The van der Waals surface area contributed by atoms with Gasteiger partial charge < -0.3 is 10.3 Å². The second kappa shape index (κ2) is 8.18. The third-order valence-corrected chi connectivity index (χ3v) is 4.14. The third kappa shape index (κ3) is 4.73. The van der Waals surface area contributed by atoms with E-state index in [-0.39, 0.29) is 5.41 Å². The molecule has 0 saturated heterocycles. The highest BCUT2D eigenvalue weighted by molar-refractivity contribution is 7.93. The van der Waals surface area contributed by atoms with E-state index in [0.717, 1.165) is 53.8 Å². The van der Waals surface area contributed by atoms with Crippen molar-refractivity contribution in [3.63, 3.8) is 0 Å². The van der Waals surface area contributed by atoms with E-state index in [9.17, 15) is 0 Å². The molecule has 0 spiro atoms. The third-order valence-electron chi connectivity index (χ3n) is 3.67. The lowest BCUT2D eigenvalue weighted by Crippen LogP contribution is -2.14. The van der Waals surface area contributed by atoms with Gasteiger partial charge in [-0.15, -0.1) is 0 Å². The van der Waals surface area contributed by atoms with E-state index in [0.29, 0.717) is 0 Å². The van der Waals surface area contributed by atoms with Gasteiger partial charge >= 0.3 is 0 Å². The topological polar surface area (TPSA) is 46.2 Å². The standard InChI is InChI=1S/C17H25NOS/c1-14(17(2,3)11-6-7-13-20-19)16-9-5-4-8-15(16)10-12-18/h4-5,8-10,12,19H,1,6-7,11,13,18H2,2-3H3/b12-10-. The molecule has 1 aromatic rings. The number of unbranched alkanes of at least 4 members (excludes halogenated alkanes) is 1. The maximum Gasteiger partial charge on any atom is 0.0195 e. The molecule has 0 bridgehead atoms. The van der Waals surface area contributed by atoms with E-state index in [1.54, 1.807) is 6.20 Å². The summed E-state index contributed by atoms with van der Waals surface area (Å²) in [5.41, 5.74) is 8.97. The monoisotopic (exact) mass is 291 g/mol. The van der Waals surface area contributed by atoms with E-state index in [1.165, 1.54) is 0 Å². The summed E-state index contributed by atoms with van der Waals surface area (Å²) < 4.78 is 8.76. The second-order valence-electron chi connectivity index (χ2n) is 5.60. The summed E-state index contributed by atoms with van der Waals surface area (Å²) in [6.07, 6.45) is 6.67. The normalized spacial score (nSPS) is 11.9. The molecular weight excluding hydrogens is 266 g/mol. The molecule has 2 nitrogen and oxygen atoms in total. The van der Waals surface area contributed by atoms with Gasteiger partial charge in [-0.1, -0.05) is 51.1 Å². The average molecular weight is 291 g/mol. The maximum absolute atomic E-state index is 8.76. The van der Waals surface area contributed by atoms with Crippen molar-refractivity contribution < 1.29 is 4.55 Å². The molecule has 1 aromatic carbocycles. The van der Waals surface area contributed by atoms with Crippen LogP contribution in [0.2, 0.25) is 0 Å². The Morgan fingerprint density at radius 2 is 2.05 bits per heavy atom. The highest BCUT2D eigenvalue weighted by Gasteiger charge is 2.23. The summed E-state index contributed by atoms with van der Waals surface area (Å²) in [5, 5.41) is 0. The molecule has 0 radical (unpaired) electrons. The minimum absolute atomic E-state index is 0.0403. The van der Waals surface area contributed by atoms with Crippen LogP contribution in [0.15, 0.2) is 37.0 Å². The van der Waals surface area contributed by atoms with Gasteiger partial charge in [0.2, 0.25) is 0 Å². The van der Waals surface area contributed by atoms with Gasteiger partial charge in [0, 0.05) is 5.75 Å². The highest BCUT2D eigenvalue weighted by atomic mass is 32.2. The van der Waals surface area contributed by atoms with Crippen molar-refractivity contribution in [3.8, 4) is 0 Å². The first-order valence-electron chi connectivity index (χ1n) is 6.96. The number of nitrogens with two attached hydrogens (primary N) is 1. The van der Waals surface area contributed by atoms with Crippen LogP contribution in [0.25, 0.3) is 11.6 Å². The quantitative estimate of drug-likeness (QED) is 0.521. The van der Waals surface area contributed by atoms with Crippen LogP contribution in [0.3, 0.4) is 0 Å². The van der Waals surface area contributed by atoms with Crippen LogP contribution in [0.1, 0.15) is 44.2 Å². The smallest absolute Gasteiger partial charge is 0.0195 e. The predicted molar refractivity (Wildman–Crippen MR) is 91.4 cm³/mol. The summed E-state index contributed by atoms with van der Waals surface area (Å²) in [6.45, 7) is 8.76. The van der Waals surface area contributed by atoms with Crippen molar-refractivity contribution in [1.29, 1.82) is 0 Å². The Labute approximate surface area is 127 Å². The number of hydrogen-bond acceptors (Lipinski definition) is 3. The first-order valence-corrected chi connectivity index (χ1v) is 7.90. The van der Waals surface area contributed by atoms with Crippen molar-refractivity contribution in [2.24, 2.45) is 11.1 Å². The van der Waals surface area contributed by atoms with E-state index in [4.69, 9.17) is 10.3 Å². The predicted octanol–water partition coefficient (Wildman–Crippen LogP) is 5.03. The van der Waals surface area contributed by atoms with E-state index < -0.39 is 0 Å². The fourth-order valence-corrected chi connectivity index (χ4v) is 2.60. The molecule has 0 aromatic heterocycles.